The predicted molar refractivity (Wildman–Crippen MR) is 121 cm³/mol. The van der Waals surface area contributed by atoms with Crippen LogP contribution in [0.25, 0.3) is 5.69 Å². The van der Waals surface area contributed by atoms with Crippen LogP contribution >= 0.6 is 0 Å². The number of H-pyrrole nitrogens is 1. The number of rotatable bonds is 6. The summed E-state index contributed by atoms with van der Waals surface area (Å²) in [6, 6.07) is 10.7. The van der Waals surface area contributed by atoms with Crippen molar-refractivity contribution in [2.75, 3.05) is 26.2 Å². The van der Waals surface area contributed by atoms with E-state index in [9.17, 15) is 26.8 Å². The molecule has 1 N–H and O–H groups in total. The minimum Gasteiger partial charge on any atom is -0.340 e. The van der Waals surface area contributed by atoms with Gasteiger partial charge >= 0.3 is 0 Å². The smallest absolute Gasteiger partial charge is 0.274 e. The molecular formula is C23H24F2N4O4S. The number of carbonyl (C=O) groups excluding carboxylic acids is 1. The molecule has 0 radical (unpaired) electrons. The second kappa shape index (κ2) is 9.51. The number of benzene rings is 2. The number of piperazine rings is 1. The topological polar surface area (TPSA) is 95.5 Å². The van der Waals surface area contributed by atoms with Crippen molar-refractivity contribution in [3.05, 3.63) is 81.8 Å². The third-order valence-electron chi connectivity index (χ3n) is 5.91. The summed E-state index contributed by atoms with van der Waals surface area (Å²) in [4.78, 5) is 26.7. The van der Waals surface area contributed by atoms with E-state index < -0.39 is 21.7 Å². The Morgan fingerprint density at radius 2 is 1.65 bits per heavy atom. The van der Waals surface area contributed by atoms with Crippen LogP contribution in [-0.2, 0) is 21.2 Å². The van der Waals surface area contributed by atoms with Crippen LogP contribution in [0.3, 0.4) is 0 Å². The number of amides is 1. The molecule has 180 valence electrons. The molecule has 0 saturated carbocycles. The van der Waals surface area contributed by atoms with Gasteiger partial charge in [-0.15, -0.1) is 0 Å². The van der Waals surface area contributed by atoms with Gasteiger partial charge in [0, 0.05) is 43.9 Å². The summed E-state index contributed by atoms with van der Waals surface area (Å²) in [6.07, 6.45) is 0.291. The highest BCUT2D eigenvalue weighted by atomic mass is 32.2. The fraction of sp³-hybridized carbons (Fsp3) is 0.304. The number of nitrogens with zero attached hydrogens (tertiary/aromatic N) is 3. The lowest BCUT2D eigenvalue weighted by molar-refractivity contribution is -0.132. The molecule has 2 heterocycles. The molecule has 11 heteroatoms. The van der Waals surface area contributed by atoms with Gasteiger partial charge in [-0.05, 0) is 49.7 Å². The lowest BCUT2D eigenvalue weighted by Crippen LogP contribution is -2.50. The summed E-state index contributed by atoms with van der Waals surface area (Å²) in [7, 11) is -3.99. The molecule has 1 aliphatic heterocycles. The normalized spacial score (nSPS) is 15.0. The molecule has 3 aromatic rings. The quantitative estimate of drug-likeness (QED) is 0.573. The van der Waals surface area contributed by atoms with E-state index in [-0.39, 0.29) is 55.4 Å². The monoisotopic (exact) mass is 490 g/mol. The molecule has 4 rings (SSSR count). The van der Waals surface area contributed by atoms with E-state index in [2.05, 4.69) is 5.10 Å². The number of halogens is 2. The molecule has 2 aromatic carbocycles. The molecule has 1 aliphatic rings. The van der Waals surface area contributed by atoms with E-state index in [0.29, 0.717) is 16.9 Å². The first-order valence-electron chi connectivity index (χ1n) is 10.8. The predicted octanol–water partition coefficient (Wildman–Crippen LogP) is 2.22. The highest BCUT2D eigenvalue weighted by molar-refractivity contribution is 7.89. The van der Waals surface area contributed by atoms with Crippen LogP contribution in [0, 0.1) is 18.6 Å². The van der Waals surface area contributed by atoms with Crippen molar-refractivity contribution in [3.63, 3.8) is 0 Å². The van der Waals surface area contributed by atoms with E-state index >= 15 is 0 Å². The first-order chi connectivity index (χ1) is 16.2. The van der Waals surface area contributed by atoms with Gasteiger partial charge in [0.25, 0.3) is 5.56 Å². The lowest BCUT2D eigenvalue weighted by atomic mass is 10.1. The Labute approximate surface area is 195 Å². The maximum Gasteiger partial charge on any atom is 0.274 e. The van der Waals surface area contributed by atoms with E-state index in [1.165, 1.54) is 51.5 Å². The maximum absolute atomic E-state index is 14.0. The van der Waals surface area contributed by atoms with Crippen LogP contribution in [0.15, 0.2) is 58.2 Å². The summed E-state index contributed by atoms with van der Waals surface area (Å²) in [5.41, 5.74) is 1.25. The van der Waals surface area contributed by atoms with E-state index in [1.807, 2.05) is 0 Å². The van der Waals surface area contributed by atoms with Crippen molar-refractivity contribution in [1.82, 2.24) is 19.0 Å². The van der Waals surface area contributed by atoms with Crippen molar-refractivity contribution in [2.24, 2.45) is 0 Å². The number of carbonyl (C=O) groups is 1. The van der Waals surface area contributed by atoms with E-state index in [1.54, 1.807) is 11.8 Å². The Kier molecular flexibility index (Phi) is 6.67. The number of aromatic amines is 1. The third-order valence-corrected chi connectivity index (χ3v) is 7.84. The number of hydrogen-bond donors (Lipinski definition) is 1. The van der Waals surface area contributed by atoms with Gasteiger partial charge in [-0.25, -0.2) is 21.9 Å². The van der Waals surface area contributed by atoms with Gasteiger partial charge in [0.15, 0.2) is 0 Å². The van der Waals surface area contributed by atoms with Gasteiger partial charge in [0.2, 0.25) is 15.9 Å². The fourth-order valence-corrected chi connectivity index (χ4v) is 5.50. The largest absolute Gasteiger partial charge is 0.340 e. The second-order valence-electron chi connectivity index (χ2n) is 8.05. The van der Waals surface area contributed by atoms with Gasteiger partial charge in [0.1, 0.15) is 16.5 Å². The van der Waals surface area contributed by atoms with Crippen molar-refractivity contribution in [1.29, 1.82) is 0 Å². The van der Waals surface area contributed by atoms with Crippen molar-refractivity contribution in [2.45, 2.75) is 24.7 Å². The number of aromatic nitrogens is 2. The van der Waals surface area contributed by atoms with Gasteiger partial charge < -0.3 is 4.90 Å². The van der Waals surface area contributed by atoms with Crippen LogP contribution < -0.4 is 5.56 Å². The van der Waals surface area contributed by atoms with E-state index in [0.717, 1.165) is 6.07 Å². The van der Waals surface area contributed by atoms with Crippen LogP contribution in [0.4, 0.5) is 8.78 Å². The minimum absolute atomic E-state index is 0.0585. The minimum atomic E-state index is -3.99. The van der Waals surface area contributed by atoms with Crippen LogP contribution in [0.5, 0.6) is 0 Å². The van der Waals surface area contributed by atoms with Gasteiger partial charge in [0.05, 0.1) is 5.69 Å². The second-order valence-corrected chi connectivity index (χ2v) is 9.95. The SMILES string of the molecule is Cc1[nH]n(-c2ccc(F)cc2)c(=O)c1CCC(=O)N1CCN(S(=O)(=O)c2ccccc2F)CC1. The van der Waals surface area contributed by atoms with Crippen molar-refractivity contribution in [3.8, 4) is 5.69 Å². The lowest BCUT2D eigenvalue weighted by Gasteiger charge is -2.34. The highest BCUT2D eigenvalue weighted by Crippen LogP contribution is 2.21. The molecule has 1 aromatic heterocycles. The maximum atomic E-state index is 14.0. The third kappa shape index (κ3) is 4.66. The summed E-state index contributed by atoms with van der Waals surface area (Å²) >= 11 is 0. The Morgan fingerprint density at radius 1 is 1.00 bits per heavy atom. The number of sulfonamides is 1. The average molecular weight is 491 g/mol. The number of hydrogen-bond acceptors (Lipinski definition) is 4. The molecule has 34 heavy (non-hydrogen) atoms. The van der Waals surface area contributed by atoms with Crippen molar-refractivity contribution < 1.29 is 22.0 Å². The summed E-state index contributed by atoms with van der Waals surface area (Å²) in [6.45, 7) is 2.20. The Hall–Kier alpha value is -3.31. The zero-order valence-corrected chi connectivity index (χ0v) is 19.3. The van der Waals surface area contributed by atoms with Crippen LogP contribution in [0.2, 0.25) is 0 Å². The van der Waals surface area contributed by atoms with Gasteiger partial charge in [-0.2, -0.15) is 4.31 Å². The van der Waals surface area contributed by atoms with Crippen LogP contribution in [-0.4, -0.2) is 59.5 Å². The molecule has 1 saturated heterocycles. The van der Waals surface area contributed by atoms with Crippen molar-refractivity contribution >= 4 is 15.9 Å². The van der Waals surface area contributed by atoms with E-state index in [4.69, 9.17) is 0 Å². The highest BCUT2D eigenvalue weighted by Gasteiger charge is 2.31. The molecule has 1 fully saturated rings. The van der Waals surface area contributed by atoms with Crippen LogP contribution in [0.1, 0.15) is 17.7 Å². The number of nitrogens with one attached hydrogen (secondary N) is 1. The zero-order chi connectivity index (χ0) is 24.5. The molecule has 0 unspecified atom stereocenters. The van der Waals surface area contributed by atoms with Gasteiger partial charge in [-0.1, -0.05) is 12.1 Å². The molecule has 0 bridgehead atoms. The standard InChI is InChI=1S/C23H24F2N4O4S/c1-16-19(23(31)29(26-16)18-8-6-17(24)7-9-18)10-11-22(30)27-12-14-28(15-13-27)34(32,33)21-5-3-2-4-20(21)25/h2-9,26H,10-15H2,1H3. The van der Waals surface area contributed by atoms with Gasteiger partial charge in [-0.3, -0.25) is 14.7 Å². The first-order valence-corrected chi connectivity index (χ1v) is 12.2. The molecule has 0 spiro atoms. The molecule has 8 nitrogen and oxygen atoms in total. The summed E-state index contributed by atoms with van der Waals surface area (Å²) in [5, 5.41) is 2.95. The molecular weight excluding hydrogens is 466 g/mol. The summed E-state index contributed by atoms with van der Waals surface area (Å²) in [5.74, 6) is -1.42. The molecule has 1 amide bonds. The average Bonchev–Trinajstić information content (AvgIpc) is 3.11. The molecule has 0 atom stereocenters. The number of aryl methyl sites for hydroxylation is 1. The Bertz CT molecular complexity index is 1360. The first kappa shape index (κ1) is 23.8. The fourth-order valence-electron chi connectivity index (χ4n) is 4.01. The Balaban J connectivity index is 1.38. The zero-order valence-electron chi connectivity index (χ0n) is 18.5. The molecule has 0 aliphatic carbocycles. The Morgan fingerprint density at radius 3 is 2.29 bits per heavy atom. The summed E-state index contributed by atoms with van der Waals surface area (Å²) < 4.78 is 55.1.